The molecule has 0 saturated carbocycles. The summed E-state index contributed by atoms with van der Waals surface area (Å²) in [6.07, 6.45) is 3.73. The zero-order valence-electron chi connectivity index (χ0n) is 11.2. The summed E-state index contributed by atoms with van der Waals surface area (Å²) in [6.45, 7) is -2.59. The van der Waals surface area contributed by atoms with E-state index in [0.717, 1.165) is 10.7 Å². The van der Waals surface area contributed by atoms with Crippen molar-refractivity contribution < 1.29 is 18.3 Å². The summed E-state index contributed by atoms with van der Waals surface area (Å²) in [5, 5.41) is 4.65. The zero-order valence-corrected chi connectivity index (χ0v) is 12.0. The average molecular weight is 323 g/mol. The first-order valence-corrected chi connectivity index (χ1v) is 7.24. The number of hydrogen-bond donors (Lipinski definition) is 1. The van der Waals surface area contributed by atoms with Gasteiger partial charge in [-0.25, -0.2) is 4.98 Å². The number of aromatic nitrogens is 2. The van der Waals surface area contributed by atoms with Crippen LogP contribution in [0.3, 0.4) is 0 Å². The molecule has 0 atom stereocenters. The van der Waals surface area contributed by atoms with Crippen LogP contribution in [-0.4, -0.2) is 21.9 Å². The molecule has 0 spiro atoms. The Morgan fingerprint density at radius 3 is 2.82 bits per heavy atom. The number of fused-ring (bicyclic) bond motifs is 1. The maximum absolute atomic E-state index is 12.0. The third-order valence-corrected chi connectivity index (χ3v) is 3.69. The molecule has 5 nitrogen and oxygen atoms in total. The molecule has 114 valence electrons. The van der Waals surface area contributed by atoms with Crippen LogP contribution < -0.4 is 10.1 Å². The minimum absolute atomic E-state index is 0.0147. The Morgan fingerprint density at radius 2 is 2.14 bits per heavy atom. The topological polar surface area (TPSA) is 55.6 Å². The molecule has 0 fully saturated rings. The molecule has 0 aliphatic rings. The van der Waals surface area contributed by atoms with E-state index in [1.807, 2.05) is 22.2 Å². The van der Waals surface area contributed by atoms with Gasteiger partial charge in [0, 0.05) is 23.3 Å². The first kappa shape index (κ1) is 14.5. The monoisotopic (exact) mass is 323 g/mol. The molecule has 0 aliphatic carbocycles. The van der Waals surface area contributed by atoms with Gasteiger partial charge in [0.15, 0.2) is 4.96 Å². The fraction of sp³-hybridized carbons (Fsp3) is 0.143. The Morgan fingerprint density at radius 1 is 1.36 bits per heavy atom. The van der Waals surface area contributed by atoms with Crippen LogP contribution in [0.2, 0.25) is 0 Å². The van der Waals surface area contributed by atoms with Gasteiger partial charge in [0.25, 0.3) is 5.91 Å². The van der Waals surface area contributed by atoms with E-state index in [1.54, 1.807) is 0 Å². The number of hydrogen-bond acceptors (Lipinski definition) is 4. The van der Waals surface area contributed by atoms with Gasteiger partial charge >= 0.3 is 6.61 Å². The van der Waals surface area contributed by atoms with Gasteiger partial charge in [0.1, 0.15) is 5.75 Å². The Hall–Kier alpha value is -2.48. The lowest BCUT2D eigenvalue weighted by atomic mass is 10.2. The summed E-state index contributed by atoms with van der Waals surface area (Å²) < 4.78 is 30.2. The van der Waals surface area contributed by atoms with E-state index >= 15 is 0 Å². The predicted molar refractivity (Wildman–Crippen MR) is 77.3 cm³/mol. The highest BCUT2D eigenvalue weighted by Crippen LogP contribution is 2.15. The fourth-order valence-electron chi connectivity index (χ4n) is 1.92. The number of carbonyl (C=O) groups is 1. The van der Waals surface area contributed by atoms with Gasteiger partial charge in [-0.15, -0.1) is 11.3 Å². The van der Waals surface area contributed by atoms with Crippen molar-refractivity contribution in [3.63, 3.8) is 0 Å². The Labute approximate surface area is 128 Å². The van der Waals surface area contributed by atoms with Crippen molar-refractivity contribution in [3.05, 3.63) is 53.3 Å². The second-order valence-electron chi connectivity index (χ2n) is 4.41. The molecule has 0 saturated heterocycles. The second-order valence-corrected chi connectivity index (χ2v) is 5.28. The lowest BCUT2D eigenvalue weighted by molar-refractivity contribution is -0.0498. The number of carbonyl (C=O) groups excluding carboxylic acids is 1. The van der Waals surface area contributed by atoms with E-state index in [0.29, 0.717) is 12.1 Å². The van der Waals surface area contributed by atoms with Gasteiger partial charge in [-0.05, 0) is 24.3 Å². The lowest BCUT2D eigenvalue weighted by Gasteiger charge is -2.06. The number of amides is 1. The van der Waals surface area contributed by atoms with E-state index in [9.17, 15) is 13.6 Å². The van der Waals surface area contributed by atoms with Crippen LogP contribution in [0, 0.1) is 0 Å². The molecule has 0 unspecified atom stereocenters. The number of benzene rings is 1. The van der Waals surface area contributed by atoms with Crippen molar-refractivity contribution in [1.82, 2.24) is 14.7 Å². The number of imidazole rings is 1. The third-order valence-electron chi connectivity index (χ3n) is 2.91. The van der Waals surface area contributed by atoms with Crippen LogP contribution in [0.25, 0.3) is 4.96 Å². The van der Waals surface area contributed by atoms with Gasteiger partial charge in [0.05, 0.1) is 12.2 Å². The van der Waals surface area contributed by atoms with Crippen molar-refractivity contribution >= 4 is 22.2 Å². The first-order valence-electron chi connectivity index (χ1n) is 6.36. The molecule has 3 aromatic rings. The first-order chi connectivity index (χ1) is 10.6. The molecule has 8 heteroatoms. The van der Waals surface area contributed by atoms with Crippen molar-refractivity contribution in [2.24, 2.45) is 0 Å². The standard InChI is InChI=1S/C14H11F2N3O2S/c15-13(16)21-11-3-1-9(2-4-11)12(20)17-7-10-8-19-5-6-22-14(19)18-10/h1-6,8,13H,7H2,(H,17,20). The number of halogens is 2. The summed E-state index contributed by atoms with van der Waals surface area (Å²) in [7, 11) is 0. The van der Waals surface area contributed by atoms with Gasteiger partial charge in [0.2, 0.25) is 0 Å². The van der Waals surface area contributed by atoms with E-state index in [2.05, 4.69) is 15.0 Å². The summed E-state index contributed by atoms with van der Waals surface area (Å²) in [5.41, 5.74) is 1.11. The molecule has 0 aliphatic heterocycles. The average Bonchev–Trinajstić information content (AvgIpc) is 3.06. The van der Waals surface area contributed by atoms with Gasteiger partial charge < -0.3 is 10.1 Å². The predicted octanol–water partition coefficient (Wildman–Crippen LogP) is 2.93. The lowest BCUT2D eigenvalue weighted by Crippen LogP contribution is -2.22. The summed E-state index contributed by atoms with van der Waals surface area (Å²) in [5.74, 6) is -0.291. The Kier molecular flexibility index (Phi) is 4.01. The molecule has 3 rings (SSSR count). The van der Waals surface area contributed by atoms with Crippen molar-refractivity contribution in [1.29, 1.82) is 0 Å². The molecule has 2 heterocycles. The van der Waals surface area contributed by atoms with Crippen LogP contribution in [0.15, 0.2) is 42.0 Å². The van der Waals surface area contributed by atoms with Crippen molar-refractivity contribution in [2.75, 3.05) is 0 Å². The maximum Gasteiger partial charge on any atom is 0.387 e. The molecular weight excluding hydrogens is 312 g/mol. The number of ether oxygens (including phenoxy) is 1. The number of alkyl halides is 2. The molecule has 0 bridgehead atoms. The van der Waals surface area contributed by atoms with E-state index in [-0.39, 0.29) is 11.7 Å². The minimum atomic E-state index is -2.88. The Balaban J connectivity index is 1.60. The van der Waals surface area contributed by atoms with Crippen LogP contribution in [0.5, 0.6) is 5.75 Å². The van der Waals surface area contributed by atoms with E-state index in [4.69, 9.17) is 0 Å². The van der Waals surface area contributed by atoms with Gasteiger partial charge in [-0.2, -0.15) is 8.78 Å². The summed E-state index contributed by atoms with van der Waals surface area (Å²) in [6, 6.07) is 5.51. The highest BCUT2D eigenvalue weighted by atomic mass is 32.1. The zero-order chi connectivity index (χ0) is 15.5. The molecule has 1 aromatic carbocycles. The second kappa shape index (κ2) is 6.10. The highest BCUT2D eigenvalue weighted by molar-refractivity contribution is 7.15. The third kappa shape index (κ3) is 3.22. The van der Waals surface area contributed by atoms with Crippen LogP contribution in [0.4, 0.5) is 8.78 Å². The summed E-state index contributed by atoms with van der Waals surface area (Å²) in [4.78, 5) is 17.2. The van der Waals surface area contributed by atoms with Crippen molar-refractivity contribution in [2.45, 2.75) is 13.2 Å². The van der Waals surface area contributed by atoms with Crippen LogP contribution in [0.1, 0.15) is 16.1 Å². The van der Waals surface area contributed by atoms with Crippen molar-refractivity contribution in [3.8, 4) is 5.75 Å². The summed E-state index contributed by atoms with van der Waals surface area (Å²) >= 11 is 1.51. The molecular formula is C14H11F2N3O2S. The fourth-order valence-corrected chi connectivity index (χ4v) is 2.64. The Bertz CT molecular complexity index is 754. The molecule has 1 N–H and O–H groups in total. The molecule has 1 amide bonds. The highest BCUT2D eigenvalue weighted by Gasteiger charge is 2.09. The molecule has 2 aromatic heterocycles. The minimum Gasteiger partial charge on any atom is -0.435 e. The molecule has 22 heavy (non-hydrogen) atoms. The van der Waals surface area contributed by atoms with Gasteiger partial charge in [-0.1, -0.05) is 0 Å². The number of nitrogens with one attached hydrogen (secondary N) is 1. The van der Waals surface area contributed by atoms with Gasteiger partial charge in [-0.3, -0.25) is 9.20 Å². The van der Waals surface area contributed by atoms with E-state index in [1.165, 1.54) is 35.6 Å². The normalized spacial score (nSPS) is 11.0. The number of thiazole rings is 1. The maximum atomic E-state index is 12.0. The largest absolute Gasteiger partial charge is 0.435 e. The van der Waals surface area contributed by atoms with E-state index < -0.39 is 6.61 Å². The molecule has 0 radical (unpaired) electrons. The smallest absolute Gasteiger partial charge is 0.387 e. The van der Waals surface area contributed by atoms with Crippen LogP contribution in [-0.2, 0) is 6.54 Å². The number of nitrogens with zero attached hydrogens (tertiary/aromatic N) is 2. The number of rotatable bonds is 5. The SMILES string of the molecule is O=C(NCc1cn2ccsc2n1)c1ccc(OC(F)F)cc1. The quantitative estimate of drug-likeness (QED) is 0.785. The van der Waals surface area contributed by atoms with Crippen LogP contribution >= 0.6 is 11.3 Å².